The summed E-state index contributed by atoms with van der Waals surface area (Å²) in [5.74, 6) is -9.19. The Balaban J connectivity index is 0.845. The molecule has 2 aromatic carbocycles. The number of amides is 10. The summed E-state index contributed by atoms with van der Waals surface area (Å²) < 4.78 is 17.9. The normalized spacial score (nSPS) is 32.0. The van der Waals surface area contributed by atoms with Gasteiger partial charge in [0.1, 0.15) is 54.5 Å². The molecular formula is C92H130N13O19S2+. The molecule has 23 atom stereocenters. The maximum atomic E-state index is 15.8. The monoisotopic (exact) mass is 1780 g/mol. The van der Waals surface area contributed by atoms with Gasteiger partial charge in [0.25, 0.3) is 0 Å². The lowest BCUT2D eigenvalue weighted by atomic mass is 9.49. The molecule has 2 aromatic rings. The first-order chi connectivity index (χ1) is 60.2. The number of carbonyl (C=O) groups is 13. The zero-order chi connectivity index (χ0) is 90.3. The lowest BCUT2D eigenvalue weighted by Crippen LogP contribution is -3.10. The Labute approximate surface area is 745 Å². The van der Waals surface area contributed by atoms with Gasteiger partial charge in [-0.15, -0.1) is 0 Å². The van der Waals surface area contributed by atoms with Crippen LogP contribution in [0.15, 0.2) is 108 Å². The molecule has 22 unspecified atom stereocenters. The molecule has 0 spiro atoms. The molecule has 688 valence electrons. The van der Waals surface area contributed by atoms with Crippen molar-refractivity contribution in [2.24, 2.45) is 40.9 Å². The molecule has 5 heterocycles. The number of esters is 1. The van der Waals surface area contributed by atoms with Gasteiger partial charge in [-0.25, -0.2) is 9.59 Å². The van der Waals surface area contributed by atoms with Crippen molar-refractivity contribution in [3.05, 3.63) is 120 Å². The number of unbranched alkanes of at least 4 members (excludes halogenated alkanes) is 1. The van der Waals surface area contributed by atoms with E-state index in [0.717, 1.165) is 52.1 Å². The lowest BCUT2D eigenvalue weighted by molar-refractivity contribution is -0.887. The lowest BCUT2D eigenvalue weighted by Gasteiger charge is -2.57. The highest BCUT2D eigenvalue weighted by Crippen LogP contribution is 2.66. The van der Waals surface area contributed by atoms with E-state index in [-0.39, 0.29) is 135 Å². The Bertz CT molecular complexity index is 4400. The van der Waals surface area contributed by atoms with Gasteiger partial charge in [-0.3, -0.25) is 58.1 Å². The van der Waals surface area contributed by atoms with Crippen molar-refractivity contribution in [1.82, 2.24) is 63.0 Å². The van der Waals surface area contributed by atoms with Gasteiger partial charge < -0.3 is 92.1 Å². The number of fused-ring (bicyclic) bond motifs is 6. The fraction of sp³-hybridized carbons (Fsp3) is 0.641. The largest absolute Gasteiger partial charge is 0.461 e. The molecule has 34 heteroatoms. The van der Waals surface area contributed by atoms with Crippen LogP contribution in [0.4, 0.5) is 4.79 Å². The Morgan fingerprint density at radius 3 is 2.13 bits per heavy atom. The SMILES string of the molecule is CO[C@@]1(C(=O)OCC(NC(=O)C2CSSCC(NC(=O)C(Cc3ccccc3)NC(=O)C3CCCN3C(=O)C3CCCN3C(=O)C3CCC[NH+](C)C3)C(=O)NC(Cc3ccccc3)C(=O)NC(CC3=CNC4C=CC=CC34)C(=O)CNC(CCCCNC(=O)OC(C)(C)C)C(=O)NC(C(C)O)C(=O)N2)C(C)O)CCC2C3CCC4=CC(=O)CCC4C3C(O)CC21C. The van der Waals surface area contributed by atoms with Gasteiger partial charge in [0, 0.05) is 68.8 Å². The van der Waals surface area contributed by atoms with Crippen LogP contribution in [0.1, 0.15) is 162 Å². The third kappa shape index (κ3) is 23.5. The zero-order valence-electron chi connectivity index (χ0n) is 73.7. The van der Waals surface area contributed by atoms with Crippen molar-refractivity contribution < 1.29 is 96.8 Å². The molecule has 0 bridgehead atoms. The number of nitrogens with one attached hydrogen (secondary N) is 11. The molecule has 5 aliphatic carbocycles. The molecule has 12 rings (SSSR count). The van der Waals surface area contributed by atoms with Crippen LogP contribution >= 0.6 is 21.6 Å². The van der Waals surface area contributed by atoms with Crippen molar-refractivity contribution in [3.8, 4) is 0 Å². The van der Waals surface area contributed by atoms with Gasteiger partial charge >= 0.3 is 12.1 Å². The summed E-state index contributed by atoms with van der Waals surface area (Å²) in [6, 6.07) is 3.59. The highest BCUT2D eigenvalue weighted by Gasteiger charge is 2.69. The number of aliphatic hydroxyl groups is 3. The second kappa shape index (κ2) is 43.4. The first-order valence-electron chi connectivity index (χ1n) is 45.1. The van der Waals surface area contributed by atoms with E-state index in [1.54, 1.807) is 98.6 Å². The smallest absolute Gasteiger partial charge is 0.407 e. The van der Waals surface area contributed by atoms with Gasteiger partial charge in [0.05, 0.1) is 75.1 Å². The quantitative estimate of drug-likeness (QED) is 0.0385. The number of methoxy groups -OCH3 is 1. The summed E-state index contributed by atoms with van der Waals surface area (Å²) in [6.07, 6.45) is 13.6. The standard InChI is InChI=1S/C92H129N13O19S2/c1-53(106)70(50-123-88(120)92(122-8)37-36-64-63-34-32-57-44-60(108)33-35-62(57)77(63)75(109)46-91(64,92)6)99-83(115)72-52-126-125-51-71(100-81(113)69(43-56-24-13-10-14-25-56)98-84(116)73-30-20-40-104(73)87(119)74-31-21-41-105(74)86(118)58-26-19-39-103(7)49-58)82(114)97-68(42-55-22-11-9-12-23-55)80(112)96-67(45-59-47-94-65-28-16-15-27-61(59)65)76(110)48-95-66(79(111)102-78(54(2)107)85(117)101-72)29-17-18-38-93-89(121)124-90(3,4)5/h9-16,22-25,27-28,44,47,53-54,58,61-75,77-78,94-95,106-107,109H,17-21,26,29-43,45-46,48-52H2,1-8H3,(H,93,121)(H,96,112)(H,97,114)(H,98,116)(H,99,115)(H,100,113)(H,101,117)(H,102,111)/p+1/t53?,54?,58?,61?,62?,63?,64?,65?,66?,67?,68?,69?,70?,71?,72?,73?,74?,75?,77?,78?,91?,92-/m1/s1. The van der Waals surface area contributed by atoms with Gasteiger partial charge in [0.15, 0.2) is 17.2 Å². The van der Waals surface area contributed by atoms with Crippen molar-refractivity contribution in [1.29, 1.82) is 0 Å². The minimum atomic E-state index is -1.82. The predicted octanol–water partition coefficient (Wildman–Crippen LogP) is 2.18. The number of allylic oxidation sites excluding steroid dienone is 3. The third-order valence-corrected chi connectivity index (χ3v) is 29.9. The van der Waals surface area contributed by atoms with E-state index < -0.39 is 168 Å². The summed E-state index contributed by atoms with van der Waals surface area (Å²) in [7, 11) is 5.36. The predicted molar refractivity (Wildman–Crippen MR) is 471 cm³/mol. The van der Waals surface area contributed by atoms with E-state index in [1.807, 2.05) is 31.2 Å². The van der Waals surface area contributed by atoms with Crippen LogP contribution in [0.5, 0.6) is 0 Å². The average Bonchev–Trinajstić information content (AvgIpc) is 1.51. The summed E-state index contributed by atoms with van der Waals surface area (Å²) in [5.41, 5.74) is -0.308. The van der Waals surface area contributed by atoms with E-state index in [4.69, 9.17) is 14.2 Å². The zero-order valence-corrected chi connectivity index (χ0v) is 75.3. The Kier molecular flexibility index (Phi) is 33.1. The maximum absolute atomic E-state index is 15.8. The summed E-state index contributed by atoms with van der Waals surface area (Å²) >= 11 is 0. The number of rotatable bonds is 25. The Morgan fingerprint density at radius 1 is 0.730 bits per heavy atom. The maximum Gasteiger partial charge on any atom is 0.407 e. The highest BCUT2D eigenvalue weighted by atomic mass is 33.1. The van der Waals surface area contributed by atoms with Crippen LogP contribution in [-0.4, -0.2) is 269 Å². The molecule has 32 nitrogen and oxygen atoms in total. The Morgan fingerprint density at radius 2 is 1.42 bits per heavy atom. The van der Waals surface area contributed by atoms with Gasteiger partial charge in [-0.05, 0) is 190 Å². The van der Waals surface area contributed by atoms with Crippen LogP contribution in [0.2, 0.25) is 0 Å². The summed E-state index contributed by atoms with van der Waals surface area (Å²) in [5, 5.41) is 64.3. The number of quaternary nitrogens is 1. The second-order valence-electron chi connectivity index (χ2n) is 37.3. The molecule has 5 aliphatic heterocycles. The fourth-order valence-corrected chi connectivity index (χ4v) is 23.2. The van der Waals surface area contributed by atoms with Gasteiger partial charge in [-0.1, -0.05) is 119 Å². The van der Waals surface area contributed by atoms with Gasteiger partial charge in [0.2, 0.25) is 53.2 Å². The molecule has 3 saturated carbocycles. The number of piperidine rings is 1. The molecule has 10 aliphatic rings. The first-order valence-corrected chi connectivity index (χ1v) is 47.6. The van der Waals surface area contributed by atoms with E-state index in [0.29, 0.717) is 82.0 Å². The molecular weight excluding hydrogens is 1660 g/mol. The van der Waals surface area contributed by atoms with Crippen molar-refractivity contribution in [3.63, 3.8) is 0 Å². The topological polar surface area (TPSA) is 442 Å². The number of Topliss-reactive ketones (excluding diaryl/α,β-unsaturated/α-hetero) is 1. The van der Waals surface area contributed by atoms with Crippen LogP contribution in [-0.2, 0) is 84.6 Å². The average molecular weight is 1790 g/mol. The number of nitrogens with zero attached hydrogens (tertiary/aromatic N) is 2. The van der Waals surface area contributed by atoms with Crippen molar-refractivity contribution >= 4 is 98.4 Å². The number of carbonyl (C=O) groups excluding carboxylic acids is 13. The number of likely N-dealkylation sites (tertiary alicyclic amines) is 3. The highest BCUT2D eigenvalue weighted by molar-refractivity contribution is 8.76. The van der Waals surface area contributed by atoms with Crippen LogP contribution in [0, 0.1) is 40.9 Å². The molecule has 4 saturated heterocycles. The minimum Gasteiger partial charge on any atom is -0.461 e. The van der Waals surface area contributed by atoms with Crippen molar-refractivity contribution in [2.45, 2.75) is 260 Å². The summed E-state index contributed by atoms with van der Waals surface area (Å²) in [6.45, 7) is 10.8. The van der Waals surface area contributed by atoms with E-state index >= 15 is 43.2 Å². The first kappa shape index (κ1) is 96.1. The number of ketones is 2. The molecule has 7 fully saturated rings. The fourth-order valence-electron chi connectivity index (χ4n) is 20.8. The van der Waals surface area contributed by atoms with E-state index in [1.165, 1.54) is 30.8 Å². The minimum absolute atomic E-state index is 0.0149. The summed E-state index contributed by atoms with van der Waals surface area (Å²) in [4.78, 5) is 197. The number of hydrogen-bond acceptors (Lipinski definition) is 23. The number of hydrogen-bond donors (Lipinski definition) is 14. The number of ether oxygens (including phenoxy) is 3. The molecule has 0 radical (unpaired) electrons. The molecule has 14 N–H and O–H groups in total. The van der Waals surface area contributed by atoms with Crippen LogP contribution < -0.4 is 58.1 Å². The number of alkyl carbamates (subject to hydrolysis) is 1. The van der Waals surface area contributed by atoms with Gasteiger partial charge in [-0.2, -0.15) is 0 Å². The molecule has 126 heavy (non-hydrogen) atoms. The second-order valence-corrected chi connectivity index (χ2v) is 39.8. The van der Waals surface area contributed by atoms with E-state index in [9.17, 15) is 34.5 Å². The third-order valence-electron chi connectivity index (χ3n) is 27.4. The Hall–Kier alpha value is -9.03. The van der Waals surface area contributed by atoms with Crippen LogP contribution in [0.25, 0.3) is 0 Å². The molecule has 10 amide bonds. The van der Waals surface area contributed by atoms with Crippen molar-refractivity contribution in [2.75, 3.05) is 71.5 Å². The number of aliphatic hydroxyl groups excluding tert-OH is 3. The number of benzene rings is 2. The van der Waals surface area contributed by atoms with Crippen LogP contribution in [0.3, 0.4) is 0 Å². The van der Waals surface area contributed by atoms with E-state index in [2.05, 4.69) is 60.2 Å². The molecule has 0 aromatic heterocycles.